The number of hydrogen-bond acceptors (Lipinski definition) is 3. The van der Waals surface area contributed by atoms with E-state index in [4.69, 9.17) is 0 Å². The van der Waals surface area contributed by atoms with Gasteiger partial charge in [-0.1, -0.05) is 12.1 Å². The van der Waals surface area contributed by atoms with Gasteiger partial charge in [0.15, 0.2) is 0 Å². The molecule has 0 aliphatic heterocycles. The number of anilines is 1. The Hall–Kier alpha value is -3.22. The quantitative estimate of drug-likeness (QED) is 0.668. The van der Waals surface area contributed by atoms with Crippen molar-refractivity contribution in [2.45, 2.75) is 45.3 Å². The molecule has 2 aromatic carbocycles. The molecule has 150 valence electrons. The van der Waals surface area contributed by atoms with Crippen LogP contribution in [-0.2, 0) is 16.1 Å². The van der Waals surface area contributed by atoms with Gasteiger partial charge in [0.2, 0.25) is 0 Å². The van der Waals surface area contributed by atoms with Crippen LogP contribution in [0.2, 0.25) is 0 Å². The van der Waals surface area contributed by atoms with E-state index in [1.807, 2.05) is 36.9 Å². The highest BCUT2D eigenvalue weighted by molar-refractivity contribution is 6.39. The summed E-state index contributed by atoms with van der Waals surface area (Å²) < 4.78 is 15.0. The predicted octanol–water partition coefficient (Wildman–Crippen LogP) is 3.89. The lowest BCUT2D eigenvalue weighted by atomic mass is 10.2. The fourth-order valence-electron chi connectivity index (χ4n) is 3.24. The summed E-state index contributed by atoms with van der Waals surface area (Å²) in [6.45, 7) is 4.37. The minimum atomic E-state index is -0.672. The van der Waals surface area contributed by atoms with Crippen LogP contribution in [0, 0.1) is 5.82 Å². The lowest BCUT2D eigenvalue weighted by Gasteiger charge is -2.22. The molecule has 1 fully saturated rings. The predicted molar refractivity (Wildman–Crippen MR) is 109 cm³/mol. The highest BCUT2D eigenvalue weighted by atomic mass is 19.1. The molecule has 0 saturated heterocycles. The van der Waals surface area contributed by atoms with Crippen molar-refractivity contribution in [3.05, 3.63) is 60.0 Å². The molecule has 0 bridgehead atoms. The Morgan fingerprint density at radius 2 is 1.93 bits per heavy atom. The molecular weight excluding hydrogens is 371 g/mol. The summed E-state index contributed by atoms with van der Waals surface area (Å²) in [5, 5.41) is 8.08. The number of nitrogens with one attached hydrogen (secondary N) is 1. The summed E-state index contributed by atoms with van der Waals surface area (Å²) in [6.07, 6.45) is 3.67. The summed E-state index contributed by atoms with van der Waals surface area (Å²) in [5.41, 5.74) is 2.18. The van der Waals surface area contributed by atoms with Crippen LogP contribution in [0.5, 0.6) is 0 Å². The molecule has 1 aromatic heterocycles. The lowest BCUT2D eigenvalue weighted by Crippen LogP contribution is -2.40. The largest absolute Gasteiger partial charge is 0.327 e. The van der Waals surface area contributed by atoms with Gasteiger partial charge in [-0.3, -0.25) is 14.3 Å². The van der Waals surface area contributed by atoms with Gasteiger partial charge in [-0.15, -0.1) is 0 Å². The molecular formula is C22H23FN4O2. The van der Waals surface area contributed by atoms with Crippen molar-refractivity contribution in [3.63, 3.8) is 0 Å². The normalized spacial score (nSPS) is 13.7. The molecule has 1 saturated carbocycles. The van der Waals surface area contributed by atoms with Gasteiger partial charge in [-0.25, -0.2) is 4.39 Å². The zero-order valence-electron chi connectivity index (χ0n) is 16.4. The van der Waals surface area contributed by atoms with E-state index in [0.717, 1.165) is 29.3 Å². The second kappa shape index (κ2) is 7.66. The minimum absolute atomic E-state index is 0.0602. The molecule has 0 spiro atoms. The van der Waals surface area contributed by atoms with E-state index in [9.17, 15) is 14.0 Å². The first-order chi connectivity index (χ1) is 13.9. The zero-order valence-corrected chi connectivity index (χ0v) is 16.4. The summed E-state index contributed by atoms with van der Waals surface area (Å²) >= 11 is 0. The number of hydrogen-bond donors (Lipinski definition) is 1. The van der Waals surface area contributed by atoms with E-state index in [1.165, 1.54) is 12.1 Å². The number of halogens is 1. The average Bonchev–Trinajstić information content (AvgIpc) is 3.44. The standard InChI is InChI=1S/C22H23FN4O2/c1-14(2)27-13-16-11-18(7-10-20(16)25-27)24-21(28)22(29)26(19-8-9-19)12-15-3-5-17(23)6-4-15/h3-7,10-11,13-14,19H,8-9,12H2,1-2H3,(H,24,28). The van der Waals surface area contributed by atoms with Crippen molar-refractivity contribution in [1.29, 1.82) is 0 Å². The van der Waals surface area contributed by atoms with Crippen LogP contribution in [0.25, 0.3) is 10.9 Å². The van der Waals surface area contributed by atoms with E-state index >= 15 is 0 Å². The van der Waals surface area contributed by atoms with E-state index in [1.54, 1.807) is 23.1 Å². The molecule has 1 aliphatic carbocycles. The third-order valence-corrected chi connectivity index (χ3v) is 5.02. The Labute approximate surface area is 168 Å². The number of carbonyl (C=O) groups is 2. The van der Waals surface area contributed by atoms with E-state index < -0.39 is 11.8 Å². The second-order valence-electron chi connectivity index (χ2n) is 7.72. The average molecular weight is 394 g/mol. The Morgan fingerprint density at radius 1 is 1.21 bits per heavy atom. The maximum absolute atomic E-state index is 13.1. The van der Waals surface area contributed by atoms with Gasteiger partial charge in [0, 0.05) is 35.9 Å². The van der Waals surface area contributed by atoms with Gasteiger partial charge in [-0.05, 0) is 62.6 Å². The monoisotopic (exact) mass is 394 g/mol. The number of benzene rings is 2. The molecule has 6 nitrogen and oxygen atoms in total. The van der Waals surface area contributed by atoms with Crippen LogP contribution >= 0.6 is 0 Å². The molecule has 1 heterocycles. The first kappa shape index (κ1) is 19.1. The number of rotatable bonds is 5. The SMILES string of the molecule is CC(C)n1cc2cc(NC(=O)C(=O)N(Cc3ccc(F)cc3)C3CC3)ccc2n1. The number of fused-ring (bicyclic) bond motifs is 1. The van der Waals surface area contributed by atoms with Gasteiger partial charge in [0.05, 0.1) is 5.52 Å². The zero-order chi connectivity index (χ0) is 20.5. The first-order valence-electron chi connectivity index (χ1n) is 9.76. The van der Waals surface area contributed by atoms with Gasteiger partial charge in [0.1, 0.15) is 5.82 Å². The van der Waals surface area contributed by atoms with Crippen LogP contribution in [0.15, 0.2) is 48.7 Å². The van der Waals surface area contributed by atoms with Crippen molar-refractivity contribution in [3.8, 4) is 0 Å². The molecule has 0 unspecified atom stereocenters. The maximum atomic E-state index is 13.1. The molecule has 3 aromatic rings. The fraction of sp³-hybridized carbons (Fsp3) is 0.318. The highest BCUT2D eigenvalue weighted by Crippen LogP contribution is 2.29. The van der Waals surface area contributed by atoms with Crippen molar-refractivity contribution in [2.75, 3.05) is 5.32 Å². The van der Waals surface area contributed by atoms with Gasteiger partial charge in [-0.2, -0.15) is 5.10 Å². The lowest BCUT2D eigenvalue weighted by molar-refractivity contribution is -0.144. The van der Waals surface area contributed by atoms with Crippen LogP contribution in [0.4, 0.5) is 10.1 Å². The molecule has 7 heteroatoms. The molecule has 1 aliphatic rings. The van der Waals surface area contributed by atoms with E-state index in [2.05, 4.69) is 10.4 Å². The van der Waals surface area contributed by atoms with Crippen molar-refractivity contribution >= 4 is 28.4 Å². The Kier molecular flexibility index (Phi) is 5.05. The number of aromatic nitrogens is 2. The van der Waals surface area contributed by atoms with Gasteiger partial charge < -0.3 is 10.2 Å². The third kappa shape index (κ3) is 4.29. The number of carbonyl (C=O) groups excluding carboxylic acids is 2. The third-order valence-electron chi connectivity index (χ3n) is 5.02. The summed E-state index contributed by atoms with van der Waals surface area (Å²) in [7, 11) is 0. The summed E-state index contributed by atoms with van der Waals surface area (Å²) in [4.78, 5) is 26.9. The van der Waals surface area contributed by atoms with Crippen molar-refractivity contribution < 1.29 is 14.0 Å². The van der Waals surface area contributed by atoms with E-state index in [0.29, 0.717) is 5.69 Å². The van der Waals surface area contributed by atoms with Crippen molar-refractivity contribution in [1.82, 2.24) is 14.7 Å². The molecule has 29 heavy (non-hydrogen) atoms. The molecule has 0 radical (unpaired) electrons. The smallest absolute Gasteiger partial charge is 0.313 e. The molecule has 0 atom stereocenters. The Morgan fingerprint density at radius 3 is 2.59 bits per heavy atom. The molecule has 4 rings (SSSR count). The topological polar surface area (TPSA) is 67.2 Å². The van der Waals surface area contributed by atoms with Crippen LogP contribution in [0.3, 0.4) is 0 Å². The minimum Gasteiger partial charge on any atom is -0.327 e. The highest BCUT2D eigenvalue weighted by Gasteiger charge is 2.35. The first-order valence-corrected chi connectivity index (χ1v) is 9.76. The van der Waals surface area contributed by atoms with Crippen LogP contribution in [-0.4, -0.2) is 32.5 Å². The Balaban J connectivity index is 1.48. The molecule has 1 N–H and O–H groups in total. The number of amides is 2. The fourth-order valence-corrected chi connectivity index (χ4v) is 3.24. The van der Waals surface area contributed by atoms with Gasteiger partial charge in [0.25, 0.3) is 0 Å². The van der Waals surface area contributed by atoms with Crippen LogP contribution < -0.4 is 5.32 Å². The van der Waals surface area contributed by atoms with Gasteiger partial charge >= 0.3 is 11.8 Å². The van der Waals surface area contributed by atoms with Crippen LogP contribution in [0.1, 0.15) is 38.3 Å². The Bertz CT molecular complexity index is 1050. The van der Waals surface area contributed by atoms with Crippen molar-refractivity contribution in [2.24, 2.45) is 0 Å². The van der Waals surface area contributed by atoms with E-state index in [-0.39, 0.29) is 24.4 Å². The number of nitrogens with zero attached hydrogens (tertiary/aromatic N) is 3. The summed E-state index contributed by atoms with van der Waals surface area (Å²) in [6, 6.07) is 11.7. The maximum Gasteiger partial charge on any atom is 0.313 e. The molecule has 2 amide bonds. The second-order valence-corrected chi connectivity index (χ2v) is 7.72. The summed E-state index contributed by atoms with van der Waals surface area (Å²) in [5.74, 6) is -1.57.